The van der Waals surface area contributed by atoms with Gasteiger partial charge in [-0.1, -0.05) is 12.1 Å². The molecule has 8 nitrogen and oxygen atoms in total. The van der Waals surface area contributed by atoms with E-state index in [4.69, 9.17) is 0 Å². The highest BCUT2D eigenvalue weighted by Gasteiger charge is 2.27. The predicted octanol–water partition coefficient (Wildman–Crippen LogP) is 2.02. The summed E-state index contributed by atoms with van der Waals surface area (Å²) in [6.07, 6.45) is 3.60. The molecule has 0 spiro atoms. The maximum atomic E-state index is 12.7. The lowest BCUT2D eigenvalue weighted by molar-refractivity contribution is -0.120. The minimum atomic E-state index is 0. The number of anilines is 2. The number of benzene rings is 1. The Morgan fingerprint density at radius 1 is 1.13 bits per heavy atom. The van der Waals surface area contributed by atoms with Crippen LogP contribution in [0.3, 0.4) is 0 Å². The average molecular weight is 555 g/mol. The van der Waals surface area contributed by atoms with E-state index in [-0.39, 0.29) is 29.9 Å². The number of nitrogens with zero attached hydrogens (tertiary/aromatic N) is 6. The second-order valence-electron chi connectivity index (χ2n) is 7.51. The minimum absolute atomic E-state index is 0. The number of hydrogen-bond donors (Lipinski definition) is 1. The van der Waals surface area contributed by atoms with Crippen molar-refractivity contribution < 1.29 is 4.79 Å². The quantitative estimate of drug-likeness (QED) is 0.354. The van der Waals surface area contributed by atoms with Crippen LogP contribution in [0.2, 0.25) is 0 Å². The van der Waals surface area contributed by atoms with E-state index in [0.717, 1.165) is 31.3 Å². The molecule has 10 heteroatoms. The first-order valence-corrected chi connectivity index (χ1v) is 11.5. The van der Waals surface area contributed by atoms with Crippen LogP contribution < -0.4 is 15.1 Å². The molecule has 0 atom stereocenters. The Labute approximate surface area is 205 Å². The monoisotopic (exact) mass is 555 g/mol. The van der Waals surface area contributed by atoms with Crippen molar-refractivity contribution in [1.82, 2.24) is 20.0 Å². The van der Waals surface area contributed by atoms with E-state index >= 15 is 0 Å². The summed E-state index contributed by atoms with van der Waals surface area (Å²) in [5.74, 6) is 3.21. The van der Waals surface area contributed by atoms with Crippen molar-refractivity contribution in [2.45, 2.75) is 6.54 Å². The summed E-state index contributed by atoms with van der Waals surface area (Å²) in [6, 6.07) is 8.74. The summed E-state index contributed by atoms with van der Waals surface area (Å²) in [5.41, 5.74) is 3.34. The van der Waals surface area contributed by atoms with E-state index in [1.165, 1.54) is 22.8 Å². The SMILES string of the molecule is CN=C(NCc1ccc(N2CCSCC2)cc1)N1CCN(c2cnn(C)c2)C(=O)C1.I. The number of carbonyl (C=O) groups excluding carboxylic acids is 1. The molecule has 0 bridgehead atoms. The summed E-state index contributed by atoms with van der Waals surface area (Å²) in [5, 5.41) is 7.57. The van der Waals surface area contributed by atoms with Gasteiger partial charge >= 0.3 is 0 Å². The molecule has 0 aliphatic carbocycles. The third-order valence-electron chi connectivity index (χ3n) is 5.50. The van der Waals surface area contributed by atoms with Gasteiger partial charge in [-0.3, -0.25) is 14.5 Å². The zero-order valence-electron chi connectivity index (χ0n) is 18.0. The van der Waals surface area contributed by atoms with Gasteiger partial charge in [0.05, 0.1) is 11.9 Å². The molecule has 2 aliphatic heterocycles. The minimum Gasteiger partial charge on any atom is -0.370 e. The van der Waals surface area contributed by atoms with Gasteiger partial charge in [-0.15, -0.1) is 24.0 Å². The molecule has 3 heterocycles. The zero-order valence-corrected chi connectivity index (χ0v) is 21.2. The molecule has 4 rings (SSSR count). The topological polar surface area (TPSA) is 69.0 Å². The highest BCUT2D eigenvalue weighted by Crippen LogP contribution is 2.20. The summed E-state index contributed by atoms with van der Waals surface area (Å²) in [7, 11) is 3.62. The van der Waals surface area contributed by atoms with Gasteiger partial charge < -0.3 is 20.0 Å². The van der Waals surface area contributed by atoms with Gasteiger partial charge in [0.25, 0.3) is 0 Å². The van der Waals surface area contributed by atoms with Crippen molar-refractivity contribution >= 4 is 59.0 Å². The smallest absolute Gasteiger partial charge is 0.246 e. The van der Waals surface area contributed by atoms with Crippen LogP contribution in [-0.4, -0.2) is 77.8 Å². The maximum Gasteiger partial charge on any atom is 0.246 e. The Hall–Kier alpha value is -1.95. The summed E-state index contributed by atoms with van der Waals surface area (Å²) in [6.45, 7) is 4.57. The highest BCUT2D eigenvalue weighted by atomic mass is 127. The molecule has 2 fully saturated rings. The first-order chi connectivity index (χ1) is 14.6. The molecule has 2 aliphatic rings. The maximum absolute atomic E-state index is 12.7. The summed E-state index contributed by atoms with van der Waals surface area (Å²) < 4.78 is 1.71. The summed E-state index contributed by atoms with van der Waals surface area (Å²) in [4.78, 5) is 23.3. The van der Waals surface area contributed by atoms with Gasteiger partial charge in [0.2, 0.25) is 5.91 Å². The van der Waals surface area contributed by atoms with Crippen LogP contribution in [-0.2, 0) is 18.4 Å². The third-order valence-corrected chi connectivity index (χ3v) is 6.44. The molecule has 1 amide bonds. The van der Waals surface area contributed by atoms with E-state index in [1.807, 2.05) is 29.9 Å². The molecule has 2 saturated heterocycles. The normalized spacial score (nSPS) is 17.5. The van der Waals surface area contributed by atoms with Crippen LogP contribution in [0.15, 0.2) is 41.7 Å². The fourth-order valence-electron chi connectivity index (χ4n) is 3.83. The molecule has 0 unspecified atom stereocenters. The number of aromatic nitrogens is 2. The van der Waals surface area contributed by atoms with Crippen molar-refractivity contribution in [1.29, 1.82) is 0 Å². The number of guanidine groups is 1. The van der Waals surface area contributed by atoms with Crippen molar-refractivity contribution in [2.24, 2.45) is 12.0 Å². The first kappa shape index (κ1) is 23.7. The fraction of sp³-hybridized carbons (Fsp3) is 0.476. The number of nitrogens with one attached hydrogen (secondary N) is 1. The standard InChI is InChI=1S/C21H29N7OS.HI/c1-22-21(27-7-8-28(20(29)16-27)19-14-24-25(2)15-19)23-13-17-3-5-18(6-4-17)26-9-11-30-12-10-26;/h3-6,14-15H,7-13,16H2,1-2H3,(H,22,23);1H. The molecule has 31 heavy (non-hydrogen) atoms. The largest absolute Gasteiger partial charge is 0.370 e. The van der Waals surface area contributed by atoms with E-state index < -0.39 is 0 Å². The molecule has 0 saturated carbocycles. The number of halogens is 1. The van der Waals surface area contributed by atoms with Gasteiger partial charge in [-0.25, -0.2) is 0 Å². The van der Waals surface area contributed by atoms with Crippen molar-refractivity contribution in [2.75, 3.05) is 61.1 Å². The van der Waals surface area contributed by atoms with Crippen LogP contribution in [0.25, 0.3) is 0 Å². The number of aliphatic imine (C=N–C) groups is 1. The fourth-order valence-corrected chi connectivity index (χ4v) is 4.74. The Kier molecular flexibility index (Phi) is 8.47. The molecule has 168 valence electrons. The zero-order chi connectivity index (χ0) is 20.9. The van der Waals surface area contributed by atoms with Crippen LogP contribution >= 0.6 is 35.7 Å². The number of piperazine rings is 1. The number of carbonyl (C=O) groups is 1. The van der Waals surface area contributed by atoms with E-state index in [0.29, 0.717) is 19.6 Å². The second-order valence-corrected chi connectivity index (χ2v) is 8.73. The van der Waals surface area contributed by atoms with E-state index in [2.05, 4.69) is 44.6 Å². The van der Waals surface area contributed by atoms with Gasteiger partial charge in [0.15, 0.2) is 5.96 Å². The van der Waals surface area contributed by atoms with Gasteiger partial charge in [-0.2, -0.15) is 16.9 Å². The van der Waals surface area contributed by atoms with E-state index in [9.17, 15) is 4.79 Å². The average Bonchev–Trinajstić information content (AvgIpc) is 3.21. The first-order valence-electron chi connectivity index (χ1n) is 10.3. The van der Waals surface area contributed by atoms with Crippen LogP contribution in [0, 0.1) is 0 Å². The molecule has 2 aromatic rings. The Morgan fingerprint density at radius 2 is 1.87 bits per heavy atom. The van der Waals surface area contributed by atoms with Crippen molar-refractivity contribution in [3.8, 4) is 0 Å². The van der Waals surface area contributed by atoms with Crippen LogP contribution in [0.1, 0.15) is 5.56 Å². The Morgan fingerprint density at radius 3 is 2.48 bits per heavy atom. The van der Waals surface area contributed by atoms with Crippen molar-refractivity contribution in [3.05, 3.63) is 42.2 Å². The number of thioether (sulfide) groups is 1. The van der Waals surface area contributed by atoms with Crippen molar-refractivity contribution in [3.63, 3.8) is 0 Å². The lowest BCUT2D eigenvalue weighted by Gasteiger charge is -2.35. The molecule has 1 N–H and O–H groups in total. The lowest BCUT2D eigenvalue weighted by atomic mass is 10.2. The lowest BCUT2D eigenvalue weighted by Crippen LogP contribution is -2.55. The number of aryl methyl sites for hydroxylation is 1. The second kappa shape index (κ2) is 11.1. The van der Waals surface area contributed by atoms with E-state index in [1.54, 1.807) is 22.8 Å². The van der Waals surface area contributed by atoms with Crippen LogP contribution in [0.4, 0.5) is 11.4 Å². The Balaban J connectivity index is 0.00000272. The van der Waals surface area contributed by atoms with Gasteiger partial charge in [-0.05, 0) is 17.7 Å². The number of hydrogen-bond acceptors (Lipinski definition) is 5. The Bertz CT molecular complexity index is 895. The van der Waals surface area contributed by atoms with Gasteiger partial charge in [0.1, 0.15) is 6.54 Å². The number of rotatable bonds is 4. The molecule has 1 aromatic heterocycles. The molecule has 0 radical (unpaired) electrons. The third kappa shape index (κ3) is 5.85. The number of amides is 1. The highest BCUT2D eigenvalue weighted by molar-refractivity contribution is 14.0. The predicted molar refractivity (Wildman–Crippen MR) is 139 cm³/mol. The molecular weight excluding hydrogens is 525 g/mol. The molecule has 1 aromatic carbocycles. The van der Waals surface area contributed by atoms with Gasteiger partial charge in [0, 0.05) is 70.2 Å². The summed E-state index contributed by atoms with van der Waals surface area (Å²) >= 11 is 2.02. The molecular formula is C21H30IN7OS. The van der Waals surface area contributed by atoms with Crippen LogP contribution in [0.5, 0.6) is 0 Å².